The zero-order valence-corrected chi connectivity index (χ0v) is 13.6. The summed E-state index contributed by atoms with van der Waals surface area (Å²) in [5, 5.41) is 4.67. The van der Waals surface area contributed by atoms with Crippen LogP contribution in [0.15, 0.2) is 28.0 Å². The molecular formula is C13H18N4O5S. The number of carbonyl (C=O) groups is 2. The van der Waals surface area contributed by atoms with Gasteiger partial charge in [-0.1, -0.05) is 0 Å². The standard InChI is InChI=1S/C13H18N4O5S/c1-16(2)23(21,22)10-5-6-12(19)17(7-10)8-11(18)15-13(20)14-9-3-4-9/h5-7,9H,3-4,8H2,1-2H3,(H2,14,15,18,20). The monoisotopic (exact) mass is 342 g/mol. The highest BCUT2D eigenvalue weighted by molar-refractivity contribution is 7.89. The molecule has 0 spiro atoms. The van der Waals surface area contributed by atoms with Gasteiger partial charge in [-0.05, 0) is 18.9 Å². The van der Waals surface area contributed by atoms with E-state index < -0.39 is 34.1 Å². The smallest absolute Gasteiger partial charge is 0.321 e. The van der Waals surface area contributed by atoms with E-state index in [2.05, 4.69) is 10.6 Å². The molecular weight excluding hydrogens is 324 g/mol. The number of sulfonamides is 1. The fourth-order valence-corrected chi connectivity index (χ4v) is 2.69. The number of urea groups is 1. The number of hydrogen-bond donors (Lipinski definition) is 2. The van der Waals surface area contributed by atoms with Gasteiger partial charge < -0.3 is 9.88 Å². The van der Waals surface area contributed by atoms with E-state index in [-0.39, 0.29) is 10.9 Å². The fraction of sp³-hybridized carbons (Fsp3) is 0.462. The third-order valence-electron chi connectivity index (χ3n) is 3.21. The van der Waals surface area contributed by atoms with E-state index in [1.807, 2.05) is 0 Å². The Hall–Kier alpha value is -2.20. The average molecular weight is 342 g/mol. The Labute approximate surface area is 133 Å². The molecule has 3 amide bonds. The number of nitrogens with zero attached hydrogens (tertiary/aromatic N) is 2. The minimum Gasteiger partial charge on any atom is -0.335 e. The average Bonchev–Trinajstić information content (AvgIpc) is 3.24. The van der Waals surface area contributed by atoms with Crippen molar-refractivity contribution in [2.45, 2.75) is 30.3 Å². The molecule has 0 bridgehead atoms. The predicted molar refractivity (Wildman–Crippen MR) is 81.3 cm³/mol. The van der Waals surface area contributed by atoms with Gasteiger partial charge in [0, 0.05) is 32.4 Å². The lowest BCUT2D eigenvalue weighted by molar-refractivity contribution is -0.120. The van der Waals surface area contributed by atoms with Crippen molar-refractivity contribution < 1.29 is 18.0 Å². The van der Waals surface area contributed by atoms with Crippen LogP contribution in [0.4, 0.5) is 4.79 Å². The molecule has 0 saturated heterocycles. The molecule has 10 heteroatoms. The Kier molecular flexibility index (Phi) is 4.85. The largest absolute Gasteiger partial charge is 0.335 e. The van der Waals surface area contributed by atoms with Gasteiger partial charge in [0.1, 0.15) is 6.54 Å². The van der Waals surface area contributed by atoms with Crippen LogP contribution < -0.4 is 16.2 Å². The summed E-state index contributed by atoms with van der Waals surface area (Å²) in [5.41, 5.74) is -0.541. The van der Waals surface area contributed by atoms with Crippen LogP contribution >= 0.6 is 0 Å². The molecule has 1 aromatic heterocycles. The molecule has 0 aromatic carbocycles. The van der Waals surface area contributed by atoms with Gasteiger partial charge in [-0.3, -0.25) is 14.9 Å². The van der Waals surface area contributed by atoms with Crippen molar-refractivity contribution in [2.75, 3.05) is 14.1 Å². The summed E-state index contributed by atoms with van der Waals surface area (Å²) < 4.78 is 26.0. The highest BCUT2D eigenvalue weighted by Gasteiger charge is 2.24. The SMILES string of the molecule is CN(C)S(=O)(=O)c1ccc(=O)n(CC(=O)NC(=O)NC2CC2)c1. The molecule has 23 heavy (non-hydrogen) atoms. The first-order valence-electron chi connectivity index (χ1n) is 6.93. The number of hydrogen-bond acceptors (Lipinski definition) is 5. The van der Waals surface area contributed by atoms with Gasteiger partial charge in [-0.15, -0.1) is 0 Å². The molecule has 1 aromatic rings. The molecule has 1 saturated carbocycles. The van der Waals surface area contributed by atoms with Crippen LogP contribution in [0.1, 0.15) is 12.8 Å². The summed E-state index contributed by atoms with van der Waals surface area (Å²) >= 11 is 0. The summed E-state index contributed by atoms with van der Waals surface area (Å²) in [7, 11) is -0.998. The number of amides is 3. The van der Waals surface area contributed by atoms with Crippen molar-refractivity contribution in [1.82, 2.24) is 19.5 Å². The van der Waals surface area contributed by atoms with Gasteiger partial charge in [0.2, 0.25) is 15.9 Å². The number of carbonyl (C=O) groups excluding carboxylic acids is 2. The molecule has 0 radical (unpaired) electrons. The number of imide groups is 1. The predicted octanol–water partition coefficient (Wildman–Crippen LogP) is -0.913. The van der Waals surface area contributed by atoms with Crippen LogP contribution in [0.5, 0.6) is 0 Å². The molecule has 9 nitrogen and oxygen atoms in total. The molecule has 126 valence electrons. The molecule has 2 N–H and O–H groups in total. The van der Waals surface area contributed by atoms with E-state index in [0.717, 1.165) is 34.0 Å². The van der Waals surface area contributed by atoms with E-state index in [0.29, 0.717) is 0 Å². The zero-order chi connectivity index (χ0) is 17.2. The fourth-order valence-electron chi connectivity index (χ4n) is 1.77. The maximum absolute atomic E-state index is 12.0. The second-order valence-electron chi connectivity index (χ2n) is 5.41. The van der Waals surface area contributed by atoms with Crippen LogP contribution in [0.25, 0.3) is 0 Å². The van der Waals surface area contributed by atoms with Crippen molar-refractivity contribution >= 4 is 22.0 Å². The second kappa shape index (κ2) is 6.50. The van der Waals surface area contributed by atoms with Gasteiger partial charge >= 0.3 is 6.03 Å². The minimum atomic E-state index is -3.72. The van der Waals surface area contributed by atoms with E-state index in [4.69, 9.17) is 0 Å². The maximum atomic E-state index is 12.0. The molecule has 1 aliphatic carbocycles. The number of rotatable bonds is 5. The molecule has 0 unspecified atom stereocenters. The Bertz CT molecular complexity index is 780. The van der Waals surface area contributed by atoms with Crippen LogP contribution in [0, 0.1) is 0 Å². The summed E-state index contributed by atoms with van der Waals surface area (Å²) in [5.74, 6) is -0.704. The van der Waals surface area contributed by atoms with Crippen LogP contribution in [-0.2, 0) is 21.4 Å². The lowest BCUT2D eigenvalue weighted by Gasteiger charge is -2.13. The third-order valence-corrected chi connectivity index (χ3v) is 5.01. The summed E-state index contributed by atoms with van der Waals surface area (Å²) in [4.78, 5) is 34.9. The van der Waals surface area contributed by atoms with E-state index in [1.54, 1.807) is 0 Å². The summed E-state index contributed by atoms with van der Waals surface area (Å²) in [6.07, 6.45) is 2.84. The van der Waals surface area contributed by atoms with Crippen molar-refractivity contribution in [3.8, 4) is 0 Å². The van der Waals surface area contributed by atoms with Gasteiger partial charge in [0.05, 0.1) is 4.90 Å². The third kappa shape index (κ3) is 4.39. The highest BCUT2D eigenvalue weighted by Crippen LogP contribution is 2.18. The Balaban J connectivity index is 2.11. The first-order valence-corrected chi connectivity index (χ1v) is 8.37. The molecule has 0 atom stereocenters. The van der Waals surface area contributed by atoms with Crippen LogP contribution in [0.2, 0.25) is 0 Å². The number of pyridine rings is 1. The topological polar surface area (TPSA) is 118 Å². The number of aromatic nitrogens is 1. The quantitative estimate of drug-likeness (QED) is 0.718. The second-order valence-corrected chi connectivity index (χ2v) is 7.57. The van der Waals surface area contributed by atoms with Crippen LogP contribution in [0.3, 0.4) is 0 Å². The lowest BCUT2D eigenvalue weighted by Crippen LogP contribution is -2.42. The first-order chi connectivity index (χ1) is 10.7. The van der Waals surface area contributed by atoms with Gasteiger partial charge in [-0.25, -0.2) is 17.5 Å². The minimum absolute atomic E-state index is 0.0964. The van der Waals surface area contributed by atoms with Crippen molar-refractivity contribution in [1.29, 1.82) is 0 Å². The normalized spacial score (nSPS) is 14.6. The Morgan fingerprint density at radius 1 is 1.30 bits per heavy atom. The molecule has 2 rings (SSSR count). The zero-order valence-electron chi connectivity index (χ0n) is 12.8. The van der Waals surface area contributed by atoms with Crippen molar-refractivity contribution in [2.24, 2.45) is 0 Å². The Morgan fingerprint density at radius 3 is 2.52 bits per heavy atom. The van der Waals surface area contributed by atoms with Crippen molar-refractivity contribution in [3.63, 3.8) is 0 Å². The molecule has 1 heterocycles. The first kappa shape index (κ1) is 17.2. The molecule has 1 aliphatic rings. The summed E-state index contributed by atoms with van der Waals surface area (Å²) in [6.45, 7) is -0.451. The van der Waals surface area contributed by atoms with E-state index in [1.165, 1.54) is 20.2 Å². The maximum Gasteiger partial charge on any atom is 0.321 e. The van der Waals surface area contributed by atoms with Gasteiger partial charge in [0.25, 0.3) is 5.56 Å². The van der Waals surface area contributed by atoms with E-state index >= 15 is 0 Å². The van der Waals surface area contributed by atoms with Gasteiger partial charge in [0.15, 0.2) is 0 Å². The van der Waals surface area contributed by atoms with Gasteiger partial charge in [-0.2, -0.15) is 0 Å². The lowest BCUT2D eigenvalue weighted by atomic mass is 10.4. The van der Waals surface area contributed by atoms with E-state index in [9.17, 15) is 22.8 Å². The summed E-state index contributed by atoms with van der Waals surface area (Å²) in [6, 6.07) is 1.71. The highest BCUT2D eigenvalue weighted by atomic mass is 32.2. The molecule has 0 aliphatic heterocycles. The van der Waals surface area contributed by atoms with Crippen molar-refractivity contribution in [3.05, 3.63) is 28.7 Å². The molecule has 1 fully saturated rings. The van der Waals surface area contributed by atoms with Crippen LogP contribution in [-0.4, -0.2) is 49.4 Å². The Morgan fingerprint density at radius 2 is 1.96 bits per heavy atom. The number of nitrogens with one attached hydrogen (secondary N) is 2.